The normalized spacial score (nSPS) is 23.1. The van der Waals surface area contributed by atoms with E-state index in [9.17, 15) is 14.4 Å². The van der Waals surface area contributed by atoms with Crippen LogP contribution in [0.4, 0.5) is 4.79 Å². The van der Waals surface area contributed by atoms with Crippen LogP contribution in [0.15, 0.2) is 29.1 Å². The van der Waals surface area contributed by atoms with Crippen molar-refractivity contribution in [2.24, 2.45) is 0 Å². The molecule has 4 rings (SSSR count). The van der Waals surface area contributed by atoms with Crippen LogP contribution in [0.1, 0.15) is 69.9 Å². The number of para-hydroxylation sites is 2. The number of carbonyl (C=O) groups excluding carboxylic acids is 2. The zero-order valence-electron chi connectivity index (χ0n) is 18.5. The minimum absolute atomic E-state index is 0.00321. The van der Waals surface area contributed by atoms with Crippen LogP contribution in [0, 0.1) is 0 Å². The van der Waals surface area contributed by atoms with E-state index in [0.717, 1.165) is 12.8 Å². The van der Waals surface area contributed by atoms with Crippen LogP contribution >= 0.6 is 0 Å². The van der Waals surface area contributed by atoms with E-state index in [-0.39, 0.29) is 36.5 Å². The van der Waals surface area contributed by atoms with E-state index in [0.29, 0.717) is 23.9 Å². The number of piperidine rings is 1. The summed E-state index contributed by atoms with van der Waals surface area (Å²) < 4.78 is 12.4. The minimum Gasteiger partial charge on any atom is -0.461 e. The Morgan fingerprint density at radius 2 is 1.74 bits per heavy atom. The lowest BCUT2D eigenvalue weighted by atomic mass is 9.97. The highest BCUT2D eigenvalue weighted by molar-refractivity contribution is 5.89. The maximum absolute atomic E-state index is 13.3. The third-order valence-corrected chi connectivity index (χ3v) is 5.94. The number of benzene rings is 1. The van der Waals surface area contributed by atoms with Crippen LogP contribution in [-0.2, 0) is 9.47 Å². The fraction of sp³-hybridized carbons (Fsp3) is 0.565. The van der Waals surface area contributed by atoms with Gasteiger partial charge in [0.2, 0.25) is 5.69 Å². The highest BCUT2D eigenvalue weighted by atomic mass is 16.6. The largest absolute Gasteiger partial charge is 0.461 e. The van der Waals surface area contributed by atoms with Gasteiger partial charge in [0, 0.05) is 18.1 Å². The number of hydrogen-bond donors (Lipinski definition) is 0. The Labute approximate surface area is 181 Å². The van der Waals surface area contributed by atoms with Crippen molar-refractivity contribution >= 4 is 23.1 Å². The van der Waals surface area contributed by atoms with E-state index in [1.165, 1.54) is 0 Å². The molecule has 2 fully saturated rings. The average molecular weight is 428 g/mol. The van der Waals surface area contributed by atoms with E-state index in [4.69, 9.17) is 9.47 Å². The molecule has 8 heteroatoms. The molecule has 1 aromatic heterocycles. The second kappa shape index (κ2) is 7.98. The van der Waals surface area contributed by atoms with E-state index in [2.05, 4.69) is 4.98 Å². The molecule has 166 valence electrons. The molecule has 31 heavy (non-hydrogen) atoms. The lowest BCUT2D eigenvalue weighted by Gasteiger charge is -2.40. The molecule has 0 radical (unpaired) electrons. The van der Waals surface area contributed by atoms with Gasteiger partial charge >= 0.3 is 12.1 Å². The van der Waals surface area contributed by atoms with Crippen molar-refractivity contribution in [3.05, 3.63) is 40.3 Å². The molecule has 0 saturated carbocycles. The molecule has 3 heterocycles. The van der Waals surface area contributed by atoms with Gasteiger partial charge in [-0.05, 0) is 65.5 Å². The maximum atomic E-state index is 13.3. The Balaban J connectivity index is 1.71. The zero-order valence-corrected chi connectivity index (χ0v) is 18.5. The van der Waals surface area contributed by atoms with Gasteiger partial charge in [-0.3, -0.25) is 4.79 Å². The summed E-state index contributed by atoms with van der Waals surface area (Å²) in [7, 11) is 0. The second-order valence-corrected chi connectivity index (χ2v) is 9.24. The molecule has 3 atom stereocenters. The molecule has 1 aromatic carbocycles. The quantitative estimate of drug-likeness (QED) is 0.694. The molecule has 0 unspecified atom stereocenters. The van der Waals surface area contributed by atoms with Gasteiger partial charge in [0.05, 0.1) is 17.6 Å². The summed E-state index contributed by atoms with van der Waals surface area (Å²) in [5, 5.41) is 0. The Morgan fingerprint density at radius 3 is 2.35 bits per heavy atom. The molecule has 2 bridgehead atoms. The van der Waals surface area contributed by atoms with E-state index in [1.807, 2.05) is 43.9 Å². The average Bonchev–Trinajstić information content (AvgIpc) is 2.97. The lowest BCUT2D eigenvalue weighted by molar-refractivity contribution is 0.00300. The molecule has 8 nitrogen and oxygen atoms in total. The fourth-order valence-electron chi connectivity index (χ4n) is 4.82. The van der Waals surface area contributed by atoms with Gasteiger partial charge in [-0.2, -0.15) is 0 Å². The minimum atomic E-state index is -0.707. The van der Waals surface area contributed by atoms with Gasteiger partial charge in [0.1, 0.15) is 5.60 Å². The molecule has 0 aliphatic carbocycles. The van der Waals surface area contributed by atoms with E-state index >= 15 is 0 Å². The lowest BCUT2D eigenvalue weighted by Crippen LogP contribution is -2.50. The summed E-state index contributed by atoms with van der Waals surface area (Å²) in [6, 6.07) is 7.19. The maximum Gasteiger partial charge on any atom is 0.410 e. The zero-order chi connectivity index (χ0) is 22.3. The van der Waals surface area contributed by atoms with Crippen molar-refractivity contribution in [3.63, 3.8) is 0 Å². The predicted octanol–water partition coefficient (Wildman–Crippen LogP) is 3.68. The Hall–Kier alpha value is -2.90. The van der Waals surface area contributed by atoms with Crippen molar-refractivity contribution < 1.29 is 19.1 Å². The SMILES string of the molecule is CCOC(=O)c1nc2ccccc2n([C@H]2C[C@H]3CC[C@@H](C2)N3C(=O)OC(C)(C)C)c1=O. The smallest absolute Gasteiger partial charge is 0.410 e. The van der Waals surface area contributed by atoms with Gasteiger partial charge < -0.3 is 18.9 Å². The van der Waals surface area contributed by atoms with Crippen molar-refractivity contribution in [1.29, 1.82) is 0 Å². The molecular weight excluding hydrogens is 398 g/mol. The van der Waals surface area contributed by atoms with Crippen molar-refractivity contribution in [2.75, 3.05) is 6.61 Å². The van der Waals surface area contributed by atoms with Crippen LogP contribution in [0.2, 0.25) is 0 Å². The van der Waals surface area contributed by atoms with Crippen LogP contribution in [0.5, 0.6) is 0 Å². The number of aromatic nitrogens is 2. The van der Waals surface area contributed by atoms with E-state index in [1.54, 1.807) is 17.6 Å². The van der Waals surface area contributed by atoms with Crippen molar-refractivity contribution in [1.82, 2.24) is 14.5 Å². The number of ether oxygens (including phenoxy) is 2. The molecule has 2 aliphatic heterocycles. The summed E-state index contributed by atoms with van der Waals surface area (Å²) in [5.74, 6) is -0.707. The number of hydrogen-bond acceptors (Lipinski definition) is 6. The number of rotatable bonds is 3. The molecule has 2 aliphatic rings. The molecular formula is C23H29N3O5. The molecule has 0 spiro atoms. The monoisotopic (exact) mass is 427 g/mol. The summed E-state index contributed by atoms with van der Waals surface area (Å²) in [6.07, 6.45) is 2.72. The van der Waals surface area contributed by atoms with Crippen LogP contribution in [0.3, 0.4) is 0 Å². The Bertz CT molecular complexity index is 1060. The summed E-state index contributed by atoms with van der Waals surface area (Å²) >= 11 is 0. The van der Waals surface area contributed by atoms with Crippen molar-refractivity contribution in [2.45, 2.75) is 77.1 Å². The molecule has 1 amide bonds. The van der Waals surface area contributed by atoms with Crippen molar-refractivity contribution in [3.8, 4) is 0 Å². The first-order valence-electron chi connectivity index (χ1n) is 10.9. The topological polar surface area (TPSA) is 90.7 Å². The summed E-state index contributed by atoms with van der Waals surface area (Å²) in [5.41, 5.74) is 0.0811. The van der Waals surface area contributed by atoms with Crippen LogP contribution < -0.4 is 5.56 Å². The van der Waals surface area contributed by atoms with Crippen LogP contribution in [0.25, 0.3) is 11.0 Å². The fourth-order valence-corrected chi connectivity index (χ4v) is 4.82. The van der Waals surface area contributed by atoms with Gasteiger partial charge in [-0.25, -0.2) is 14.6 Å². The second-order valence-electron chi connectivity index (χ2n) is 9.24. The first-order chi connectivity index (χ1) is 14.7. The van der Waals surface area contributed by atoms with Gasteiger partial charge in [0.15, 0.2) is 0 Å². The predicted molar refractivity (Wildman–Crippen MR) is 115 cm³/mol. The first-order valence-corrected chi connectivity index (χ1v) is 10.9. The summed E-state index contributed by atoms with van der Waals surface area (Å²) in [6.45, 7) is 7.45. The first kappa shape index (κ1) is 21.3. The molecule has 2 saturated heterocycles. The number of esters is 1. The third-order valence-electron chi connectivity index (χ3n) is 5.94. The highest BCUT2D eigenvalue weighted by Gasteiger charge is 2.46. The number of carbonyl (C=O) groups is 2. The van der Waals surface area contributed by atoms with Crippen LogP contribution in [-0.4, -0.2) is 50.8 Å². The Morgan fingerprint density at radius 1 is 1.10 bits per heavy atom. The van der Waals surface area contributed by atoms with Gasteiger partial charge in [-0.1, -0.05) is 12.1 Å². The number of amides is 1. The Kier molecular flexibility index (Phi) is 5.49. The van der Waals surface area contributed by atoms with Gasteiger partial charge in [-0.15, -0.1) is 0 Å². The van der Waals surface area contributed by atoms with Gasteiger partial charge in [0.25, 0.3) is 5.56 Å². The molecule has 2 aromatic rings. The molecule has 0 N–H and O–H groups in total. The standard InChI is InChI=1S/C23H29N3O5/c1-5-30-21(28)19-20(27)26(18-9-7-6-8-17(18)24-19)16-12-14-10-11-15(13-16)25(14)22(29)31-23(2,3)4/h6-9,14-16H,5,10-13H2,1-4H3/t14-,15+,16+. The highest BCUT2D eigenvalue weighted by Crippen LogP contribution is 2.41. The number of fused-ring (bicyclic) bond motifs is 3. The third kappa shape index (κ3) is 4.03. The summed E-state index contributed by atoms with van der Waals surface area (Å²) in [4.78, 5) is 44.6. The van der Waals surface area contributed by atoms with E-state index < -0.39 is 17.1 Å². The number of nitrogens with zero attached hydrogens (tertiary/aromatic N) is 3.